The van der Waals surface area contributed by atoms with E-state index in [0.717, 1.165) is 8.66 Å². The van der Waals surface area contributed by atoms with Crippen molar-refractivity contribution >= 4 is 38.9 Å². The third-order valence-corrected chi connectivity index (χ3v) is 4.17. The number of hydrogen-bond donors (Lipinski definition) is 0. The van der Waals surface area contributed by atoms with Gasteiger partial charge < -0.3 is 9.47 Å². The van der Waals surface area contributed by atoms with Gasteiger partial charge in [0.05, 0.1) is 21.4 Å². The number of halogens is 1. The Morgan fingerprint density at radius 3 is 2.71 bits per heavy atom. The van der Waals surface area contributed by atoms with Crippen molar-refractivity contribution in [3.8, 4) is 5.75 Å². The highest BCUT2D eigenvalue weighted by molar-refractivity contribution is 9.11. The van der Waals surface area contributed by atoms with E-state index in [4.69, 9.17) is 4.74 Å². The molecule has 0 unspecified atom stereocenters. The third-order valence-electron chi connectivity index (χ3n) is 2.58. The molecular weight excluding hydrogens is 362 g/mol. The number of esters is 1. The molecule has 0 atom stereocenters. The van der Waals surface area contributed by atoms with Crippen LogP contribution in [0.2, 0.25) is 0 Å². The van der Waals surface area contributed by atoms with E-state index in [1.807, 2.05) is 12.1 Å². The van der Waals surface area contributed by atoms with Crippen LogP contribution >= 0.6 is 27.3 Å². The average molecular weight is 372 g/mol. The zero-order chi connectivity index (χ0) is 15.4. The number of ether oxygens (including phenoxy) is 2. The minimum absolute atomic E-state index is 0.0347. The van der Waals surface area contributed by atoms with Crippen molar-refractivity contribution in [2.45, 2.75) is 6.61 Å². The predicted molar refractivity (Wildman–Crippen MR) is 80.8 cm³/mol. The van der Waals surface area contributed by atoms with E-state index in [1.54, 1.807) is 0 Å². The van der Waals surface area contributed by atoms with Crippen molar-refractivity contribution in [2.24, 2.45) is 0 Å². The molecular formula is C13H10BrNO5S. The molecule has 0 N–H and O–H groups in total. The lowest BCUT2D eigenvalue weighted by molar-refractivity contribution is -0.385. The van der Waals surface area contributed by atoms with Gasteiger partial charge in [0.1, 0.15) is 6.61 Å². The minimum atomic E-state index is -0.575. The summed E-state index contributed by atoms with van der Waals surface area (Å²) in [5, 5.41) is 11.0. The van der Waals surface area contributed by atoms with Crippen LogP contribution in [0.25, 0.3) is 0 Å². The van der Waals surface area contributed by atoms with Crippen molar-refractivity contribution in [1.29, 1.82) is 0 Å². The normalized spacial score (nSPS) is 10.2. The van der Waals surface area contributed by atoms with Gasteiger partial charge >= 0.3 is 11.7 Å². The fourth-order valence-corrected chi connectivity index (χ4v) is 3.00. The van der Waals surface area contributed by atoms with E-state index in [1.165, 1.54) is 36.6 Å². The fraction of sp³-hybridized carbons (Fsp3) is 0.154. The molecule has 21 heavy (non-hydrogen) atoms. The molecule has 0 aliphatic rings. The van der Waals surface area contributed by atoms with E-state index in [2.05, 4.69) is 20.7 Å². The number of thiophene rings is 1. The second-order valence-corrected chi connectivity index (χ2v) is 6.47. The maximum Gasteiger partial charge on any atom is 0.337 e. The Kier molecular flexibility index (Phi) is 4.92. The zero-order valence-electron chi connectivity index (χ0n) is 10.9. The number of carbonyl (C=O) groups is 1. The molecule has 0 spiro atoms. The Morgan fingerprint density at radius 2 is 2.14 bits per heavy atom. The van der Waals surface area contributed by atoms with Crippen LogP contribution < -0.4 is 4.74 Å². The fourth-order valence-electron chi connectivity index (χ4n) is 1.60. The summed E-state index contributed by atoms with van der Waals surface area (Å²) in [6, 6.07) is 7.59. The quantitative estimate of drug-likeness (QED) is 0.453. The van der Waals surface area contributed by atoms with Crippen LogP contribution in [0.5, 0.6) is 5.75 Å². The van der Waals surface area contributed by atoms with Gasteiger partial charge in [-0.3, -0.25) is 10.1 Å². The van der Waals surface area contributed by atoms with Crippen LogP contribution in [0.3, 0.4) is 0 Å². The topological polar surface area (TPSA) is 78.7 Å². The van der Waals surface area contributed by atoms with Gasteiger partial charge in [0.25, 0.3) is 0 Å². The maximum atomic E-state index is 11.5. The molecule has 8 heteroatoms. The maximum absolute atomic E-state index is 11.5. The summed E-state index contributed by atoms with van der Waals surface area (Å²) in [7, 11) is 1.24. The first kappa shape index (κ1) is 15.5. The van der Waals surface area contributed by atoms with Crippen molar-refractivity contribution in [3.05, 3.63) is 54.7 Å². The molecule has 0 radical (unpaired) electrons. The smallest absolute Gasteiger partial charge is 0.337 e. The second kappa shape index (κ2) is 6.68. The lowest BCUT2D eigenvalue weighted by Gasteiger charge is -2.07. The van der Waals surface area contributed by atoms with Crippen LogP contribution in [0, 0.1) is 10.1 Å². The van der Waals surface area contributed by atoms with Crippen molar-refractivity contribution in [3.63, 3.8) is 0 Å². The molecule has 1 aromatic heterocycles. The second-order valence-electron chi connectivity index (χ2n) is 3.93. The molecule has 0 amide bonds. The molecule has 0 saturated carbocycles. The van der Waals surface area contributed by atoms with Crippen molar-refractivity contribution < 1.29 is 19.2 Å². The summed E-state index contributed by atoms with van der Waals surface area (Å²) in [4.78, 5) is 22.8. The Hall–Kier alpha value is -1.93. The Labute approximate surface area is 132 Å². The van der Waals surface area contributed by atoms with Crippen LogP contribution in [-0.2, 0) is 11.3 Å². The van der Waals surface area contributed by atoms with Crippen molar-refractivity contribution in [1.82, 2.24) is 0 Å². The number of carbonyl (C=O) groups excluding carboxylic acids is 1. The monoisotopic (exact) mass is 371 g/mol. The van der Waals surface area contributed by atoms with Gasteiger partial charge in [0.15, 0.2) is 5.75 Å². The number of methoxy groups -OCH3 is 1. The van der Waals surface area contributed by atoms with Crippen molar-refractivity contribution in [2.75, 3.05) is 7.11 Å². The molecule has 0 aliphatic carbocycles. The zero-order valence-corrected chi connectivity index (χ0v) is 13.3. The highest BCUT2D eigenvalue weighted by Gasteiger charge is 2.18. The van der Waals surface area contributed by atoms with Gasteiger partial charge in [-0.1, -0.05) is 0 Å². The number of hydrogen-bond acceptors (Lipinski definition) is 6. The van der Waals surface area contributed by atoms with E-state index in [-0.39, 0.29) is 23.6 Å². The summed E-state index contributed by atoms with van der Waals surface area (Å²) < 4.78 is 11.0. The highest BCUT2D eigenvalue weighted by atomic mass is 79.9. The van der Waals surface area contributed by atoms with Crippen LogP contribution in [-0.4, -0.2) is 18.0 Å². The standard InChI is InChI=1S/C13H10BrNO5S/c1-19-13(16)8-2-4-10(15(17)18)11(6-8)20-7-9-3-5-12(14)21-9/h2-6H,7H2,1H3. The van der Waals surface area contributed by atoms with E-state index in [0.29, 0.717) is 0 Å². The molecule has 0 bridgehead atoms. The van der Waals surface area contributed by atoms with E-state index in [9.17, 15) is 14.9 Å². The number of nitro benzene ring substituents is 1. The van der Waals surface area contributed by atoms with Gasteiger partial charge in [-0.05, 0) is 34.1 Å². The molecule has 0 aliphatic heterocycles. The average Bonchev–Trinajstić information content (AvgIpc) is 2.89. The van der Waals surface area contributed by atoms with Gasteiger partial charge in [-0.15, -0.1) is 11.3 Å². The van der Waals surface area contributed by atoms with E-state index < -0.39 is 10.9 Å². The molecule has 0 saturated heterocycles. The summed E-state index contributed by atoms with van der Waals surface area (Å²) in [5.41, 5.74) is 0.00346. The Bertz CT molecular complexity index is 685. The number of nitrogens with zero attached hydrogens (tertiary/aromatic N) is 1. The number of rotatable bonds is 5. The largest absolute Gasteiger partial charge is 0.481 e. The van der Waals surface area contributed by atoms with Gasteiger partial charge in [-0.25, -0.2) is 4.79 Å². The van der Waals surface area contributed by atoms with E-state index >= 15 is 0 Å². The lowest BCUT2D eigenvalue weighted by atomic mass is 10.2. The SMILES string of the molecule is COC(=O)c1ccc([N+](=O)[O-])c(OCc2ccc(Br)s2)c1. The first-order chi connectivity index (χ1) is 10.0. The molecule has 1 heterocycles. The molecule has 2 rings (SSSR count). The number of benzene rings is 1. The molecule has 0 fully saturated rings. The molecule has 2 aromatic rings. The summed E-state index contributed by atoms with van der Waals surface area (Å²) in [6.07, 6.45) is 0. The van der Waals surface area contributed by atoms with Gasteiger partial charge in [-0.2, -0.15) is 0 Å². The van der Waals surface area contributed by atoms with Gasteiger partial charge in [0.2, 0.25) is 0 Å². The number of nitro groups is 1. The molecule has 6 nitrogen and oxygen atoms in total. The summed E-state index contributed by atoms with van der Waals surface area (Å²) in [6.45, 7) is 0.182. The third kappa shape index (κ3) is 3.79. The Morgan fingerprint density at radius 1 is 1.38 bits per heavy atom. The molecule has 1 aromatic carbocycles. The highest BCUT2D eigenvalue weighted by Crippen LogP contribution is 2.30. The lowest BCUT2D eigenvalue weighted by Crippen LogP contribution is -2.04. The van der Waals surface area contributed by atoms with Crippen LogP contribution in [0.15, 0.2) is 34.1 Å². The van der Waals surface area contributed by atoms with Crippen LogP contribution in [0.4, 0.5) is 5.69 Å². The summed E-state index contributed by atoms with van der Waals surface area (Å²) >= 11 is 4.80. The van der Waals surface area contributed by atoms with Crippen LogP contribution in [0.1, 0.15) is 15.2 Å². The summed E-state index contributed by atoms with van der Waals surface area (Å²) in [5.74, 6) is -0.541. The van der Waals surface area contributed by atoms with Gasteiger partial charge in [0, 0.05) is 17.0 Å². The molecule has 110 valence electrons. The first-order valence-electron chi connectivity index (χ1n) is 5.75. The predicted octanol–water partition coefficient (Wildman–Crippen LogP) is 3.78. The minimum Gasteiger partial charge on any atom is -0.481 e. The Balaban J connectivity index is 2.25. The first-order valence-corrected chi connectivity index (χ1v) is 7.36.